The molecule has 1 saturated carbocycles. The molecule has 1 aliphatic carbocycles. The van der Waals surface area contributed by atoms with Crippen LogP contribution in [-0.2, 0) is 0 Å². The van der Waals surface area contributed by atoms with Crippen LogP contribution in [0.3, 0.4) is 0 Å². The van der Waals surface area contributed by atoms with Crippen LogP contribution in [0.15, 0.2) is 0 Å². The zero-order valence-electron chi connectivity index (χ0n) is 6.10. The predicted octanol–water partition coefficient (Wildman–Crippen LogP) is -0.165. The number of aliphatic hydroxyl groups is 1. The molecule has 2 aliphatic rings. The maximum Gasteiger partial charge on any atom is 0.407 e. The molecule has 2 fully saturated rings. The van der Waals surface area contributed by atoms with E-state index in [1.807, 2.05) is 0 Å². The quantitative estimate of drug-likeness (QED) is 0.555. The lowest BCUT2D eigenvalue weighted by molar-refractivity contribution is 0.144. The van der Waals surface area contributed by atoms with Crippen molar-refractivity contribution in [3.8, 4) is 0 Å². The van der Waals surface area contributed by atoms with Gasteiger partial charge in [-0.25, -0.2) is 4.79 Å². The lowest BCUT2D eigenvalue weighted by Crippen LogP contribution is -2.30. The van der Waals surface area contributed by atoms with Gasteiger partial charge in [-0.15, -0.1) is 0 Å². The first kappa shape index (κ1) is 6.91. The fraction of sp³-hybridized carbons (Fsp3) is 0.857. The van der Waals surface area contributed by atoms with Crippen molar-refractivity contribution in [2.24, 2.45) is 17.8 Å². The standard InChI is InChI=1S/C7H11NO3/c9-3-6-4-1-8(7(10)11)2-5(4)6/h4-6,9H,1-3H2,(H,10,11)/t4-,5+,6-. The van der Waals surface area contributed by atoms with Crippen molar-refractivity contribution in [2.45, 2.75) is 0 Å². The molecule has 0 spiro atoms. The van der Waals surface area contributed by atoms with Gasteiger partial charge in [0.25, 0.3) is 0 Å². The van der Waals surface area contributed by atoms with E-state index in [1.165, 1.54) is 4.90 Å². The fourth-order valence-electron chi connectivity index (χ4n) is 2.08. The van der Waals surface area contributed by atoms with Crippen LogP contribution in [0.25, 0.3) is 0 Å². The Hall–Kier alpha value is -0.770. The molecule has 11 heavy (non-hydrogen) atoms. The van der Waals surface area contributed by atoms with E-state index in [9.17, 15) is 4.79 Å². The largest absolute Gasteiger partial charge is 0.465 e. The summed E-state index contributed by atoms with van der Waals surface area (Å²) in [5, 5.41) is 17.3. The number of aliphatic hydroxyl groups excluding tert-OH is 1. The topological polar surface area (TPSA) is 60.8 Å². The van der Waals surface area contributed by atoms with Crippen LogP contribution in [-0.4, -0.2) is 40.9 Å². The fourth-order valence-corrected chi connectivity index (χ4v) is 2.08. The number of rotatable bonds is 1. The highest BCUT2D eigenvalue weighted by molar-refractivity contribution is 5.65. The highest BCUT2D eigenvalue weighted by atomic mass is 16.4. The second-order valence-corrected chi connectivity index (χ2v) is 3.36. The number of amides is 1. The maximum absolute atomic E-state index is 10.4. The number of nitrogens with zero attached hydrogens (tertiary/aromatic N) is 1. The molecule has 4 heteroatoms. The molecular formula is C7H11NO3. The summed E-state index contributed by atoms with van der Waals surface area (Å²) < 4.78 is 0. The normalized spacial score (nSPS) is 40.5. The monoisotopic (exact) mass is 157 g/mol. The zero-order chi connectivity index (χ0) is 8.01. The molecule has 0 bridgehead atoms. The van der Waals surface area contributed by atoms with Crippen LogP contribution in [0.4, 0.5) is 4.79 Å². The molecule has 0 aromatic carbocycles. The van der Waals surface area contributed by atoms with E-state index in [4.69, 9.17) is 10.2 Å². The molecule has 4 nitrogen and oxygen atoms in total. The molecular weight excluding hydrogens is 146 g/mol. The molecule has 1 amide bonds. The van der Waals surface area contributed by atoms with E-state index in [0.717, 1.165) is 0 Å². The van der Waals surface area contributed by atoms with Crippen molar-refractivity contribution in [3.05, 3.63) is 0 Å². The lowest BCUT2D eigenvalue weighted by Gasteiger charge is -2.14. The van der Waals surface area contributed by atoms with E-state index in [0.29, 0.717) is 30.8 Å². The van der Waals surface area contributed by atoms with E-state index < -0.39 is 6.09 Å². The number of carbonyl (C=O) groups is 1. The van der Waals surface area contributed by atoms with Crippen LogP contribution in [0.1, 0.15) is 0 Å². The van der Waals surface area contributed by atoms with Crippen molar-refractivity contribution in [3.63, 3.8) is 0 Å². The van der Waals surface area contributed by atoms with Gasteiger partial charge in [-0.05, 0) is 17.8 Å². The molecule has 3 atom stereocenters. The van der Waals surface area contributed by atoms with Crippen LogP contribution in [0.2, 0.25) is 0 Å². The SMILES string of the molecule is O=C(O)N1C[C@@H]2[C@H](CO)[C@@H]2C1. The molecule has 0 unspecified atom stereocenters. The molecule has 1 saturated heterocycles. The van der Waals surface area contributed by atoms with Gasteiger partial charge >= 0.3 is 6.09 Å². The third-order valence-corrected chi connectivity index (χ3v) is 2.85. The Morgan fingerprint density at radius 3 is 2.36 bits per heavy atom. The number of hydrogen-bond acceptors (Lipinski definition) is 2. The Morgan fingerprint density at radius 2 is 2.00 bits per heavy atom. The Bertz CT molecular complexity index is 182. The molecule has 1 aliphatic heterocycles. The van der Waals surface area contributed by atoms with Gasteiger partial charge in [0.05, 0.1) is 0 Å². The van der Waals surface area contributed by atoms with Gasteiger partial charge in [-0.1, -0.05) is 0 Å². The van der Waals surface area contributed by atoms with Gasteiger partial charge in [0.1, 0.15) is 0 Å². The molecule has 62 valence electrons. The third kappa shape index (κ3) is 0.894. The van der Waals surface area contributed by atoms with Crippen LogP contribution in [0.5, 0.6) is 0 Å². The van der Waals surface area contributed by atoms with Gasteiger partial charge in [-0.2, -0.15) is 0 Å². The Labute approximate surface area is 64.4 Å². The van der Waals surface area contributed by atoms with Gasteiger partial charge in [-0.3, -0.25) is 0 Å². The predicted molar refractivity (Wildman–Crippen MR) is 37.2 cm³/mol. The summed E-state index contributed by atoms with van der Waals surface area (Å²) in [5.74, 6) is 1.30. The average Bonchev–Trinajstić information content (AvgIpc) is 2.41. The molecule has 2 rings (SSSR count). The second kappa shape index (κ2) is 2.11. The summed E-state index contributed by atoms with van der Waals surface area (Å²) in [5.41, 5.74) is 0. The van der Waals surface area contributed by atoms with Crippen molar-refractivity contribution in [2.75, 3.05) is 19.7 Å². The summed E-state index contributed by atoms with van der Waals surface area (Å²) in [7, 11) is 0. The minimum atomic E-state index is -0.825. The smallest absolute Gasteiger partial charge is 0.407 e. The minimum Gasteiger partial charge on any atom is -0.465 e. The average molecular weight is 157 g/mol. The Kier molecular flexibility index (Phi) is 1.32. The second-order valence-electron chi connectivity index (χ2n) is 3.36. The van der Waals surface area contributed by atoms with Crippen molar-refractivity contribution in [1.82, 2.24) is 4.90 Å². The minimum absolute atomic E-state index is 0.225. The summed E-state index contributed by atoms with van der Waals surface area (Å²) in [6.45, 7) is 1.49. The zero-order valence-corrected chi connectivity index (χ0v) is 6.10. The Morgan fingerprint density at radius 1 is 1.45 bits per heavy atom. The Balaban J connectivity index is 1.89. The molecule has 0 aromatic rings. The third-order valence-electron chi connectivity index (χ3n) is 2.85. The van der Waals surface area contributed by atoms with E-state index in [1.54, 1.807) is 0 Å². The first-order valence-corrected chi connectivity index (χ1v) is 3.82. The number of fused-ring (bicyclic) bond motifs is 1. The number of likely N-dealkylation sites (tertiary alicyclic amines) is 1. The van der Waals surface area contributed by atoms with E-state index in [-0.39, 0.29) is 6.61 Å². The van der Waals surface area contributed by atoms with Crippen molar-refractivity contribution >= 4 is 6.09 Å². The van der Waals surface area contributed by atoms with Gasteiger partial charge in [0, 0.05) is 19.7 Å². The van der Waals surface area contributed by atoms with Crippen LogP contribution < -0.4 is 0 Å². The molecule has 0 radical (unpaired) electrons. The summed E-state index contributed by atoms with van der Waals surface area (Å²) >= 11 is 0. The van der Waals surface area contributed by atoms with E-state index in [2.05, 4.69) is 0 Å². The van der Waals surface area contributed by atoms with Gasteiger partial charge in [0.2, 0.25) is 0 Å². The first-order chi connectivity index (χ1) is 5.24. The number of hydrogen-bond donors (Lipinski definition) is 2. The summed E-state index contributed by atoms with van der Waals surface area (Å²) in [6, 6.07) is 0. The maximum atomic E-state index is 10.4. The summed E-state index contributed by atoms with van der Waals surface area (Å²) in [4.78, 5) is 11.9. The molecule has 2 N–H and O–H groups in total. The van der Waals surface area contributed by atoms with Crippen LogP contribution in [0, 0.1) is 17.8 Å². The molecule has 0 aromatic heterocycles. The number of carboxylic acid groups (broad SMARTS) is 1. The van der Waals surface area contributed by atoms with Crippen LogP contribution >= 0.6 is 0 Å². The van der Waals surface area contributed by atoms with Crippen molar-refractivity contribution < 1.29 is 15.0 Å². The van der Waals surface area contributed by atoms with E-state index >= 15 is 0 Å². The highest BCUT2D eigenvalue weighted by Crippen LogP contribution is 2.51. The first-order valence-electron chi connectivity index (χ1n) is 3.82. The van der Waals surface area contributed by atoms with Gasteiger partial charge < -0.3 is 15.1 Å². The number of piperidine rings is 1. The van der Waals surface area contributed by atoms with Gasteiger partial charge in [0.15, 0.2) is 0 Å². The molecule has 1 heterocycles. The summed E-state index contributed by atoms with van der Waals surface area (Å²) in [6.07, 6.45) is -0.825. The lowest BCUT2D eigenvalue weighted by atomic mass is 10.3. The highest BCUT2D eigenvalue weighted by Gasteiger charge is 2.56. The van der Waals surface area contributed by atoms with Crippen molar-refractivity contribution in [1.29, 1.82) is 0 Å².